The zero-order chi connectivity index (χ0) is 11.7. The van der Waals surface area contributed by atoms with E-state index < -0.39 is 0 Å². The lowest BCUT2D eigenvalue weighted by Gasteiger charge is -2.24. The van der Waals surface area contributed by atoms with E-state index in [2.05, 4.69) is 19.2 Å². The highest BCUT2D eigenvalue weighted by Gasteiger charge is 2.16. The van der Waals surface area contributed by atoms with Gasteiger partial charge >= 0.3 is 0 Å². The largest absolute Gasteiger partial charge is 0.383 e. The molecule has 0 radical (unpaired) electrons. The van der Waals surface area contributed by atoms with Gasteiger partial charge in [-0.2, -0.15) is 0 Å². The molecule has 1 N–H and O–H groups in total. The molecular formula is C11H24ClNO2. The molecule has 4 heteroatoms. The van der Waals surface area contributed by atoms with E-state index in [1.54, 1.807) is 14.2 Å². The Hall–Kier alpha value is 0.170. The number of halogens is 1. The lowest BCUT2D eigenvalue weighted by molar-refractivity contribution is 0.0146. The summed E-state index contributed by atoms with van der Waals surface area (Å²) < 4.78 is 10.5. The van der Waals surface area contributed by atoms with Gasteiger partial charge in [0.15, 0.2) is 0 Å². The van der Waals surface area contributed by atoms with Crippen molar-refractivity contribution in [2.75, 3.05) is 33.3 Å². The zero-order valence-corrected chi connectivity index (χ0v) is 11.1. The first kappa shape index (κ1) is 15.2. The Morgan fingerprint density at radius 1 is 1.33 bits per heavy atom. The van der Waals surface area contributed by atoms with Crippen LogP contribution in [0.15, 0.2) is 0 Å². The summed E-state index contributed by atoms with van der Waals surface area (Å²) in [6, 6.07) is 0.347. The summed E-state index contributed by atoms with van der Waals surface area (Å²) in [5.41, 5.74) is -0.0639. The first-order valence-corrected chi connectivity index (χ1v) is 5.92. The lowest BCUT2D eigenvalue weighted by atomic mass is 10.1. The van der Waals surface area contributed by atoms with Crippen molar-refractivity contribution in [1.29, 1.82) is 0 Å². The molecule has 0 fully saturated rings. The summed E-state index contributed by atoms with van der Waals surface area (Å²) >= 11 is 5.71. The average molecular weight is 238 g/mol. The van der Waals surface area contributed by atoms with Crippen LogP contribution in [0.4, 0.5) is 0 Å². The van der Waals surface area contributed by atoms with Crippen molar-refractivity contribution in [3.63, 3.8) is 0 Å². The first-order chi connectivity index (χ1) is 7.05. The molecule has 0 aromatic carbocycles. The van der Waals surface area contributed by atoms with Gasteiger partial charge in [0.2, 0.25) is 0 Å². The van der Waals surface area contributed by atoms with E-state index in [1.807, 2.05) is 0 Å². The molecule has 0 aliphatic rings. The van der Waals surface area contributed by atoms with Crippen LogP contribution >= 0.6 is 11.6 Å². The molecule has 0 rings (SSSR count). The van der Waals surface area contributed by atoms with Crippen molar-refractivity contribution in [2.45, 2.75) is 38.3 Å². The number of ether oxygens (including phenoxy) is 2. The average Bonchev–Trinajstić information content (AvgIpc) is 2.18. The molecule has 0 aromatic heterocycles. The number of hydrogen-bond donors (Lipinski definition) is 1. The van der Waals surface area contributed by atoms with Crippen LogP contribution in [0.2, 0.25) is 0 Å². The monoisotopic (exact) mass is 237 g/mol. The van der Waals surface area contributed by atoms with E-state index in [0.717, 1.165) is 19.4 Å². The van der Waals surface area contributed by atoms with Crippen molar-refractivity contribution < 1.29 is 9.47 Å². The van der Waals surface area contributed by atoms with Gasteiger partial charge in [-0.05, 0) is 33.2 Å². The Morgan fingerprint density at radius 2 is 2.00 bits per heavy atom. The molecule has 15 heavy (non-hydrogen) atoms. The quantitative estimate of drug-likeness (QED) is 0.623. The Bertz CT molecular complexity index is 148. The molecule has 0 aliphatic carbocycles. The maximum Gasteiger partial charge on any atom is 0.0634 e. The molecule has 0 heterocycles. The molecule has 0 amide bonds. The van der Waals surface area contributed by atoms with Gasteiger partial charge in [0.1, 0.15) is 0 Å². The van der Waals surface area contributed by atoms with Crippen LogP contribution in [0.3, 0.4) is 0 Å². The summed E-state index contributed by atoms with van der Waals surface area (Å²) in [6.07, 6.45) is 1.91. The number of nitrogens with one attached hydrogen (secondary N) is 1. The maximum atomic E-state index is 5.71. The Labute approximate surface area is 98.5 Å². The Kier molecular flexibility index (Phi) is 8.43. The van der Waals surface area contributed by atoms with Crippen LogP contribution < -0.4 is 5.32 Å². The molecule has 0 aromatic rings. The van der Waals surface area contributed by atoms with Crippen LogP contribution in [0.25, 0.3) is 0 Å². The number of rotatable bonds is 9. The van der Waals surface area contributed by atoms with Gasteiger partial charge in [0, 0.05) is 26.1 Å². The summed E-state index contributed by atoms with van der Waals surface area (Å²) in [4.78, 5) is 0. The minimum absolute atomic E-state index is 0.0639. The van der Waals surface area contributed by atoms with E-state index in [4.69, 9.17) is 21.1 Å². The molecule has 0 bridgehead atoms. The van der Waals surface area contributed by atoms with Gasteiger partial charge < -0.3 is 14.8 Å². The standard InChI is InChI=1S/C11H24ClNO2/c1-11(2,15-4)6-8-13-10(5-7-12)9-14-3/h10,13H,5-9H2,1-4H3. The summed E-state index contributed by atoms with van der Waals surface area (Å²) in [6.45, 7) is 5.80. The van der Waals surface area contributed by atoms with Gasteiger partial charge in [0.25, 0.3) is 0 Å². The third-order valence-electron chi connectivity index (χ3n) is 2.54. The van der Waals surface area contributed by atoms with E-state index in [-0.39, 0.29) is 5.60 Å². The van der Waals surface area contributed by atoms with Crippen molar-refractivity contribution in [2.24, 2.45) is 0 Å². The fourth-order valence-corrected chi connectivity index (χ4v) is 1.52. The molecule has 0 aliphatic heterocycles. The van der Waals surface area contributed by atoms with Crippen LogP contribution in [-0.2, 0) is 9.47 Å². The predicted molar refractivity (Wildman–Crippen MR) is 64.7 cm³/mol. The molecule has 1 unspecified atom stereocenters. The van der Waals surface area contributed by atoms with Crippen LogP contribution in [-0.4, -0.2) is 44.9 Å². The highest BCUT2D eigenvalue weighted by molar-refractivity contribution is 6.17. The van der Waals surface area contributed by atoms with E-state index in [1.165, 1.54) is 0 Å². The molecule has 0 saturated carbocycles. The Balaban J connectivity index is 3.69. The molecule has 92 valence electrons. The van der Waals surface area contributed by atoms with E-state index in [9.17, 15) is 0 Å². The third-order valence-corrected chi connectivity index (χ3v) is 2.76. The zero-order valence-electron chi connectivity index (χ0n) is 10.3. The normalized spacial score (nSPS) is 14.2. The van der Waals surface area contributed by atoms with Gasteiger partial charge in [-0.25, -0.2) is 0 Å². The molecule has 1 atom stereocenters. The fraction of sp³-hybridized carbons (Fsp3) is 1.00. The van der Waals surface area contributed by atoms with Crippen molar-refractivity contribution in [3.8, 4) is 0 Å². The summed E-state index contributed by atoms with van der Waals surface area (Å²) in [5, 5.41) is 3.42. The van der Waals surface area contributed by atoms with Crippen molar-refractivity contribution >= 4 is 11.6 Å². The first-order valence-electron chi connectivity index (χ1n) is 5.39. The predicted octanol–water partition coefficient (Wildman–Crippen LogP) is 2.04. The molecule has 3 nitrogen and oxygen atoms in total. The van der Waals surface area contributed by atoms with Crippen LogP contribution in [0.1, 0.15) is 26.7 Å². The second-order valence-corrected chi connectivity index (χ2v) is 4.68. The smallest absolute Gasteiger partial charge is 0.0634 e. The van der Waals surface area contributed by atoms with Gasteiger partial charge in [0.05, 0.1) is 12.2 Å². The molecule has 0 saturated heterocycles. The fourth-order valence-electron chi connectivity index (χ4n) is 1.26. The number of hydrogen-bond acceptors (Lipinski definition) is 3. The second kappa shape index (κ2) is 8.34. The summed E-state index contributed by atoms with van der Waals surface area (Å²) in [7, 11) is 3.45. The summed E-state index contributed by atoms with van der Waals surface area (Å²) in [5.74, 6) is 0.661. The number of methoxy groups -OCH3 is 2. The number of alkyl halides is 1. The minimum atomic E-state index is -0.0639. The van der Waals surface area contributed by atoms with Crippen LogP contribution in [0.5, 0.6) is 0 Å². The van der Waals surface area contributed by atoms with Gasteiger partial charge in [-0.15, -0.1) is 11.6 Å². The maximum absolute atomic E-state index is 5.71. The minimum Gasteiger partial charge on any atom is -0.383 e. The Morgan fingerprint density at radius 3 is 2.47 bits per heavy atom. The van der Waals surface area contributed by atoms with E-state index in [0.29, 0.717) is 18.5 Å². The lowest BCUT2D eigenvalue weighted by Crippen LogP contribution is -2.37. The van der Waals surface area contributed by atoms with E-state index >= 15 is 0 Å². The van der Waals surface area contributed by atoms with Gasteiger partial charge in [-0.3, -0.25) is 0 Å². The van der Waals surface area contributed by atoms with Crippen LogP contribution in [0, 0.1) is 0 Å². The molecular weight excluding hydrogens is 214 g/mol. The van der Waals surface area contributed by atoms with Gasteiger partial charge in [-0.1, -0.05) is 0 Å². The molecule has 0 spiro atoms. The van der Waals surface area contributed by atoms with Crippen molar-refractivity contribution in [1.82, 2.24) is 5.32 Å². The second-order valence-electron chi connectivity index (χ2n) is 4.30. The van der Waals surface area contributed by atoms with Crippen molar-refractivity contribution in [3.05, 3.63) is 0 Å². The highest BCUT2D eigenvalue weighted by atomic mass is 35.5. The third kappa shape index (κ3) is 8.03. The highest BCUT2D eigenvalue weighted by Crippen LogP contribution is 2.11. The topological polar surface area (TPSA) is 30.5 Å². The SMILES string of the molecule is COCC(CCCl)NCCC(C)(C)OC.